The number of hydrogen-bond donors (Lipinski definition) is 3. The lowest BCUT2D eigenvalue weighted by atomic mass is 9.92. The predicted molar refractivity (Wildman–Crippen MR) is 149 cm³/mol. The van der Waals surface area contributed by atoms with Crippen molar-refractivity contribution in [3.63, 3.8) is 0 Å². The van der Waals surface area contributed by atoms with E-state index in [1.807, 2.05) is 25.1 Å². The van der Waals surface area contributed by atoms with Crippen LogP contribution in [-0.2, 0) is 0 Å². The molecule has 38 heavy (non-hydrogen) atoms. The van der Waals surface area contributed by atoms with E-state index < -0.39 is 5.91 Å². The van der Waals surface area contributed by atoms with E-state index >= 15 is 0 Å². The fourth-order valence-corrected chi connectivity index (χ4v) is 6.66. The molecular formula is C30H39N5O3. The van der Waals surface area contributed by atoms with Crippen LogP contribution in [0.3, 0.4) is 0 Å². The summed E-state index contributed by atoms with van der Waals surface area (Å²) in [4.78, 5) is 44.3. The Labute approximate surface area is 224 Å². The highest BCUT2D eigenvalue weighted by Gasteiger charge is 2.41. The monoisotopic (exact) mass is 517 g/mol. The van der Waals surface area contributed by atoms with E-state index in [4.69, 9.17) is 5.73 Å². The largest absolute Gasteiger partial charge is 0.382 e. The average Bonchev–Trinajstić information content (AvgIpc) is 3.32. The normalized spacial score (nSPS) is 23.5. The predicted octanol–water partition coefficient (Wildman–Crippen LogP) is 4.61. The molecule has 5 rings (SSSR count). The molecule has 4 N–H and O–H groups in total. The van der Waals surface area contributed by atoms with Crippen LogP contribution < -0.4 is 21.3 Å². The van der Waals surface area contributed by atoms with Gasteiger partial charge in [0.05, 0.1) is 5.56 Å². The Morgan fingerprint density at radius 1 is 0.974 bits per heavy atom. The second kappa shape index (κ2) is 11.1. The smallest absolute Gasteiger partial charge is 0.251 e. The number of nitrogens with two attached hydrogens (primary N) is 1. The number of pyridine rings is 1. The molecule has 8 nitrogen and oxygen atoms in total. The van der Waals surface area contributed by atoms with E-state index in [1.165, 1.54) is 19.3 Å². The molecule has 1 aliphatic heterocycles. The van der Waals surface area contributed by atoms with E-state index in [-0.39, 0.29) is 17.7 Å². The van der Waals surface area contributed by atoms with Crippen LogP contribution in [0, 0.1) is 12.8 Å². The quantitative estimate of drug-likeness (QED) is 0.462. The first-order valence-corrected chi connectivity index (χ1v) is 14.1. The molecule has 0 spiro atoms. The number of piperidine rings is 1. The van der Waals surface area contributed by atoms with E-state index in [9.17, 15) is 14.4 Å². The maximum atomic E-state index is 13.5. The Balaban J connectivity index is 1.30. The highest BCUT2D eigenvalue weighted by atomic mass is 16.2. The Hall–Kier alpha value is -3.42. The van der Waals surface area contributed by atoms with Crippen LogP contribution in [0.4, 0.5) is 11.5 Å². The highest BCUT2D eigenvalue weighted by Crippen LogP contribution is 2.39. The van der Waals surface area contributed by atoms with Gasteiger partial charge in [0.15, 0.2) is 5.78 Å². The number of amides is 2. The van der Waals surface area contributed by atoms with Crippen LogP contribution in [0.15, 0.2) is 30.5 Å². The maximum absolute atomic E-state index is 13.5. The van der Waals surface area contributed by atoms with Crippen molar-refractivity contribution in [2.45, 2.75) is 89.8 Å². The molecule has 3 atom stereocenters. The fourth-order valence-electron chi connectivity index (χ4n) is 6.66. The second-order valence-electron chi connectivity index (χ2n) is 11.3. The standard InChI is InChI=1S/C30H39N5O3/c1-18-13-25(29(31)37)26(33-22-8-4-3-5-9-22)16-24(18)30(38)34-23-14-20-7-6-12-35(27(20)15-23)28-11-10-21(17-32-28)19(2)36/h10-11,13,16-17,20,22-23,27,33H,3-9,12,14-15H2,1-2H3,(H2,31,37)(H,34,38)/t20-,23?,27?/m0/s1. The number of fused-ring (bicyclic) bond motifs is 1. The fraction of sp³-hybridized carbons (Fsp3) is 0.533. The lowest BCUT2D eigenvalue weighted by molar-refractivity contribution is 0.0933. The number of Topliss-reactive ketones (excluding diaryl/α,β-unsaturated/α-hetero) is 1. The zero-order valence-corrected chi connectivity index (χ0v) is 22.5. The molecular weight excluding hydrogens is 478 g/mol. The third-order valence-electron chi connectivity index (χ3n) is 8.65. The zero-order chi connectivity index (χ0) is 26.8. The van der Waals surface area contributed by atoms with Gasteiger partial charge in [0.25, 0.3) is 11.8 Å². The number of anilines is 2. The summed E-state index contributed by atoms with van der Waals surface area (Å²) in [7, 11) is 0. The number of aromatic nitrogens is 1. The second-order valence-corrected chi connectivity index (χ2v) is 11.3. The van der Waals surface area contributed by atoms with Gasteiger partial charge in [0.2, 0.25) is 0 Å². The first-order valence-electron chi connectivity index (χ1n) is 14.1. The van der Waals surface area contributed by atoms with Crippen LogP contribution in [0.1, 0.15) is 101 Å². The van der Waals surface area contributed by atoms with Crippen LogP contribution in [0.25, 0.3) is 0 Å². The number of aryl methyl sites for hydroxylation is 1. The molecule has 8 heteroatoms. The number of ketones is 1. The molecule has 2 heterocycles. The molecule has 202 valence electrons. The molecule has 1 saturated heterocycles. The summed E-state index contributed by atoms with van der Waals surface area (Å²) in [5.41, 5.74) is 8.74. The Bertz CT molecular complexity index is 1210. The van der Waals surface area contributed by atoms with Crippen molar-refractivity contribution < 1.29 is 14.4 Å². The van der Waals surface area contributed by atoms with E-state index in [1.54, 1.807) is 19.2 Å². The van der Waals surface area contributed by atoms with Gasteiger partial charge in [-0.05, 0) is 88.1 Å². The minimum absolute atomic E-state index is 0.0143. The van der Waals surface area contributed by atoms with Crippen molar-refractivity contribution in [3.05, 3.63) is 52.7 Å². The van der Waals surface area contributed by atoms with Crippen LogP contribution in [-0.4, -0.2) is 47.3 Å². The van der Waals surface area contributed by atoms with Crippen molar-refractivity contribution in [1.82, 2.24) is 10.3 Å². The van der Waals surface area contributed by atoms with Crippen molar-refractivity contribution in [3.8, 4) is 0 Å². The van der Waals surface area contributed by atoms with E-state index in [2.05, 4.69) is 20.5 Å². The molecule has 2 aliphatic carbocycles. The maximum Gasteiger partial charge on any atom is 0.251 e. The lowest BCUT2D eigenvalue weighted by Crippen LogP contribution is -2.43. The summed E-state index contributed by atoms with van der Waals surface area (Å²) in [5, 5.41) is 6.80. The number of nitrogens with zero attached hydrogens (tertiary/aromatic N) is 2. The molecule has 2 amide bonds. The van der Waals surface area contributed by atoms with Crippen molar-refractivity contribution in [2.24, 2.45) is 11.7 Å². The average molecular weight is 518 g/mol. The van der Waals surface area contributed by atoms with Gasteiger partial charge < -0.3 is 21.3 Å². The van der Waals surface area contributed by atoms with Crippen molar-refractivity contribution >= 4 is 29.1 Å². The van der Waals surface area contributed by atoms with Crippen LogP contribution >= 0.6 is 0 Å². The minimum Gasteiger partial charge on any atom is -0.382 e. The van der Waals surface area contributed by atoms with Crippen molar-refractivity contribution in [2.75, 3.05) is 16.8 Å². The summed E-state index contributed by atoms with van der Waals surface area (Å²) in [5.74, 6) is 0.811. The highest BCUT2D eigenvalue weighted by molar-refractivity contribution is 6.03. The van der Waals surface area contributed by atoms with Crippen LogP contribution in [0.2, 0.25) is 0 Å². The van der Waals surface area contributed by atoms with Gasteiger partial charge in [-0.3, -0.25) is 14.4 Å². The van der Waals surface area contributed by atoms with Gasteiger partial charge in [-0.15, -0.1) is 0 Å². The number of rotatable bonds is 7. The first-order chi connectivity index (χ1) is 18.3. The molecule has 3 fully saturated rings. The van der Waals surface area contributed by atoms with Crippen molar-refractivity contribution in [1.29, 1.82) is 0 Å². The minimum atomic E-state index is -0.483. The molecule has 3 aliphatic rings. The van der Waals surface area contributed by atoms with E-state index in [0.29, 0.717) is 40.4 Å². The van der Waals surface area contributed by atoms with Crippen LogP contribution in [0.5, 0.6) is 0 Å². The number of carbonyl (C=O) groups excluding carboxylic acids is 3. The van der Waals surface area contributed by atoms with Gasteiger partial charge in [0.1, 0.15) is 5.82 Å². The van der Waals surface area contributed by atoms with Gasteiger partial charge >= 0.3 is 0 Å². The molecule has 0 radical (unpaired) electrons. The third-order valence-corrected chi connectivity index (χ3v) is 8.65. The Morgan fingerprint density at radius 2 is 1.76 bits per heavy atom. The number of nitrogens with one attached hydrogen (secondary N) is 2. The zero-order valence-electron chi connectivity index (χ0n) is 22.5. The van der Waals surface area contributed by atoms with Gasteiger partial charge in [-0.25, -0.2) is 4.98 Å². The Morgan fingerprint density at radius 3 is 2.45 bits per heavy atom. The summed E-state index contributed by atoms with van der Waals surface area (Å²) < 4.78 is 0. The van der Waals surface area contributed by atoms with Gasteiger partial charge in [-0.2, -0.15) is 0 Å². The molecule has 2 saturated carbocycles. The summed E-state index contributed by atoms with van der Waals surface area (Å²) in [6.07, 6.45) is 11.4. The number of carbonyl (C=O) groups is 3. The Kier molecular flexibility index (Phi) is 7.68. The topological polar surface area (TPSA) is 117 Å². The summed E-state index contributed by atoms with van der Waals surface area (Å²) in [6, 6.07) is 8.02. The van der Waals surface area contributed by atoms with Gasteiger partial charge in [-0.1, -0.05) is 19.3 Å². The number of primary amides is 1. The molecule has 1 aromatic heterocycles. The third kappa shape index (κ3) is 5.54. The number of hydrogen-bond acceptors (Lipinski definition) is 6. The number of benzene rings is 1. The van der Waals surface area contributed by atoms with E-state index in [0.717, 1.165) is 56.5 Å². The summed E-state index contributed by atoms with van der Waals surface area (Å²) in [6.45, 7) is 4.34. The molecule has 2 aromatic rings. The lowest BCUT2D eigenvalue weighted by Gasteiger charge is -2.38. The SMILES string of the molecule is CC(=O)c1ccc(N2CCC[C@H]3CC(NC(=O)c4cc(NC5CCCCC5)c(C(N)=O)cc4C)CC32)nc1. The first kappa shape index (κ1) is 26.2. The van der Waals surface area contributed by atoms with Gasteiger partial charge in [0, 0.05) is 47.7 Å². The molecule has 0 bridgehead atoms. The molecule has 2 unspecified atom stereocenters. The molecule has 1 aromatic carbocycles. The summed E-state index contributed by atoms with van der Waals surface area (Å²) >= 11 is 0.